The van der Waals surface area contributed by atoms with Crippen molar-refractivity contribution < 1.29 is 27.4 Å². The fourth-order valence-electron chi connectivity index (χ4n) is 4.91. The van der Waals surface area contributed by atoms with E-state index in [1.807, 2.05) is 24.3 Å². The van der Waals surface area contributed by atoms with Crippen LogP contribution < -0.4 is 10.4 Å². The second kappa shape index (κ2) is 10.5. The van der Waals surface area contributed by atoms with Crippen molar-refractivity contribution in [3.63, 3.8) is 0 Å². The molecule has 1 fully saturated rings. The highest BCUT2D eigenvalue weighted by molar-refractivity contribution is 5.89. The number of likely N-dealkylation sites (tertiary alicyclic amines) is 1. The molecule has 3 aromatic carbocycles. The highest BCUT2D eigenvalue weighted by atomic mass is 19.4. The van der Waals surface area contributed by atoms with Crippen LogP contribution in [0.4, 0.5) is 13.2 Å². The Hall–Kier alpha value is -3.78. The molecular formula is C30H28F3NO4. The summed E-state index contributed by atoms with van der Waals surface area (Å²) in [4.78, 5) is 15.5. The number of phenols is 1. The smallest absolute Gasteiger partial charge is 0.416 e. The van der Waals surface area contributed by atoms with Gasteiger partial charge in [0.15, 0.2) is 0 Å². The maximum Gasteiger partial charge on any atom is 0.416 e. The van der Waals surface area contributed by atoms with Crippen molar-refractivity contribution >= 4 is 11.0 Å². The van der Waals surface area contributed by atoms with Crippen LogP contribution >= 0.6 is 0 Å². The third-order valence-electron chi connectivity index (χ3n) is 7.01. The molecule has 1 saturated heterocycles. The third-order valence-corrected chi connectivity index (χ3v) is 7.01. The van der Waals surface area contributed by atoms with Crippen LogP contribution in [0.1, 0.15) is 35.1 Å². The SMILES string of the molecule is Cc1cc2c(Cc3ccc(OCCN4CCCC4)cc3)c(-c3ccc(C(F)(F)F)cc3)c(=O)oc2cc1O. The second-order valence-corrected chi connectivity index (χ2v) is 9.67. The van der Waals surface area contributed by atoms with Crippen molar-refractivity contribution in [3.05, 3.63) is 93.3 Å². The molecule has 0 bridgehead atoms. The number of hydrogen-bond acceptors (Lipinski definition) is 5. The third kappa shape index (κ3) is 5.55. The summed E-state index contributed by atoms with van der Waals surface area (Å²) in [6.07, 6.45) is -1.69. The van der Waals surface area contributed by atoms with E-state index in [4.69, 9.17) is 9.15 Å². The minimum atomic E-state index is -4.48. The van der Waals surface area contributed by atoms with Crippen molar-refractivity contribution in [1.82, 2.24) is 4.90 Å². The van der Waals surface area contributed by atoms with Crippen LogP contribution in [0.5, 0.6) is 11.5 Å². The van der Waals surface area contributed by atoms with Gasteiger partial charge in [0.1, 0.15) is 23.7 Å². The Morgan fingerprint density at radius 2 is 1.68 bits per heavy atom. The molecule has 0 saturated carbocycles. The number of aryl methyl sites for hydroxylation is 1. The highest BCUT2D eigenvalue weighted by Crippen LogP contribution is 2.35. The average Bonchev–Trinajstić information content (AvgIpc) is 3.40. The zero-order valence-electron chi connectivity index (χ0n) is 21.0. The van der Waals surface area contributed by atoms with Gasteiger partial charge in [0, 0.05) is 18.0 Å². The average molecular weight is 524 g/mol. The summed E-state index contributed by atoms with van der Waals surface area (Å²) in [6, 6.07) is 15.2. The Morgan fingerprint density at radius 3 is 2.34 bits per heavy atom. The lowest BCUT2D eigenvalue weighted by atomic mass is 9.92. The summed E-state index contributed by atoms with van der Waals surface area (Å²) in [7, 11) is 0. The van der Waals surface area contributed by atoms with Crippen LogP contribution in [0.25, 0.3) is 22.1 Å². The molecule has 0 unspecified atom stereocenters. The summed E-state index contributed by atoms with van der Waals surface area (Å²) in [6.45, 7) is 5.44. The van der Waals surface area contributed by atoms with Crippen LogP contribution in [-0.2, 0) is 12.6 Å². The molecule has 5 nitrogen and oxygen atoms in total. The number of aromatic hydroxyl groups is 1. The van der Waals surface area contributed by atoms with Crippen molar-refractivity contribution in [1.29, 1.82) is 0 Å². The van der Waals surface area contributed by atoms with Gasteiger partial charge in [-0.15, -0.1) is 0 Å². The number of nitrogens with zero attached hydrogens (tertiary/aromatic N) is 1. The van der Waals surface area contributed by atoms with E-state index in [1.165, 1.54) is 31.0 Å². The zero-order valence-corrected chi connectivity index (χ0v) is 21.0. The molecule has 198 valence electrons. The van der Waals surface area contributed by atoms with Crippen molar-refractivity contribution in [2.24, 2.45) is 0 Å². The van der Waals surface area contributed by atoms with Crippen molar-refractivity contribution in [3.8, 4) is 22.6 Å². The van der Waals surface area contributed by atoms with Gasteiger partial charge in [-0.2, -0.15) is 13.2 Å². The number of hydrogen-bond donors (Lipinski definition) is 1. The van der Waals surface area contributed by atoms with Crippen LogP contribution in [0.2, 0.25) is 0 Å². The largest absolute Gasteiger partial charge is 0.508 e. The summed E-state index contributed by atoms with van der Waals surface area (Å²) in [5.74, 6) is 0.735. The first-order valence-electron chi connectivity index (χ1n) is 12.6. The zero-order chi connectivity index (χ0) is 26.9. The molecule has 1 aliphatic heterocycles. The summed E-state index contributed by atoms with van der Waals surface area (Å²) in [5, 5.41) is 10.8. The topological polar surface area (TPSA) is 62.9 Å². The first-order chi connectivity index (χ1) is 18.2. The van der Waals surface area contributed by atoms with Gasteiger partial charge in [-0.3, -0.25) is 4.90 Å². The van der Waals surface area contributed by atoms with E-state index >= 15 is 0 Å². The fraction of sp³-hybridized carbons (Fsp3) is 0.300. The highest BCUT2D eigenvalue weighted by Gasteiger charge is 2.30. The number of fused-ring (bicyclic) bond motifs is 1. The number of phenolic OH excluding ortho intramolecular Hbond substituents is 1. The molecule has 0 spiro atoms. The number of halogens is 3. The van der Waals surface area contributed by atoms with E-state index in [-0.39, 0.29) is 16.9 Å². The Labute approximate surface area is 218 Å². The molecule has 0 amide bonds. The van der Waals surface area contributed by atoms with Gasteiger partial charge in [-0.1, -0.05) is 24.3 Å². The molecule has 0 aliphatic carbocycles. The molecular weight excluding hydrogens is 495 g/mol. The number of rotatable bonds is 7. The molecule has 1 N–H and O–H groups in total. The van der Waals surface area contributed by atoms with Crippen LogP contribution in [0, 0.1) is 6.92 Å². The number of benzene rings is 3. The molecule has 5 rings (SSSR count). The standard InChI is InChI=1S/C30H28F3NO4/c1-19-16-24-25(17-20-4-10-23(11-5-20)37-15-14-34-12-2-3-13-34)28(29(36)38-27(24)18-26(19)35)21-6-8-22(9-7-21)30(31,32)33/h4-11,16,18,35H,2-3,12-15,17H2,1H3. The fourth-order valence-corrected chi connectivity index (χ4v) is 4.91. The summed E-state index contributed by atoms with van der Waals surface area (Å²) in [5.41, 5.74) is 1.35. The second-order valence-electron chi connectivity index (χ2n) is 9.67. The van der Waals surface area contributed by atoms with Gasteiger partial charge in [-0.25, -0.2) is 4.79 Å². The quantitative estimate of drug-likeness (QED) is 0.278. The molecule has 8 heteroatoms. The van der Waals surface area contributed by atoms with E-state index in [0.717, 1.165) is 43.1 Å². The molecule has 1 aliphatic rings. The Bertz CT molecular complexity index is 1490. The predicted molar refractivity (Wildman–Crippen MR) is 140 cm³/mol. The number of alkyl halides is 3. The first-order valence-corrected chi connectivity index (χ1v) is 12.6. The van der Waals surface area contributed by atoms with Gasteiger partial charge in [-0.05, 0) is 91.9 Å². The molecule has 0 radical (unpaired) electrons. The van der Waals surface area contributed by atoms with Crippen molar-refractivity contribution in [2.75, 3.05) is 26.2 Å². The lowest BCUT2D eigenvalue weighted by Crippen LogP contribution is -2.25. The van der Waals surface area contributed by atoms with E-state index in [1.54, 1.807) is 13.0 Å². The normalized spacial score (nSPS) is 14.3. The lowest BCUT2D eigenvalue weighted by Gasteiger charge is -2.16. The monoisotopic (exact) mass is 523 g/mol. The van der Waals surface area contributed by atoms with Gasteiger partial charge >= 0.3 is 11.8 Å². The lowest BCUT2D eigenvalue weighted by molar-refractivity contribution is -0.137. The molecule has 4 aromatic rings. The minimum absolute atomic E-state index is 0.00990. The molecule has 2 heterocycles. The Balaban J connectivity index is 1.48. The van der Waals surface area contributed by atoms with E-state index < -0.39 is 17.4 Å². The van der Waals surface area contributed by atoms with Gasteiger partial charge in [0.25, 0.3) is 0 Å². The van der Waals surface area contributed by atoms with Crippen LogP contribution in [-0.4, -0.2) is 36.2 Å². The van der Waals surface area contributed by atoms with Gasteiger partial charge < -0.3 is 14.3 Å². The summed E-state index contributed by atoms with van der Waals surface area (Å²) < 4.78 is 50.8. The Kier molecular flexibility index (Phi) is 7.17. The summed E-state index contributed by atoms with van der Waals surface area (Å²) >= 11 is 0. The molecule has 0 atom stereocenters. The minimum Gasteiger partial charge on any atom is -0.508 e. The van der Waals surface area contributed by atoms with E-state index in [9.17, 15) is 23.1 Å². The maximum atomic E-state index is 13.1. The maximum absolute atomic E-state index is 13.1. The van der Waals surface area contributed by atoms with Gasteiger partial charge in [0.05, 0.1) is 11.1 Å². The molecule has 1 aromatic heterocycles. The predicted octanol–water partition coefficient (Wildman–Crippen LogP) is 6.56. The first kappa shape index (κ1) is 25.9. The van der Waals surface area contributed by atoms with Crippen LogP contribution in [0.3, 0.4) is 0 Å². The number of ether oxygens (including phenoxy) is 1. The van der Waals surface area contributed by atoms with Crippen LogP contribution in [0.15, 0.2) is 69.9 Å². The molecule has 38 heavy (non-hydrogen) atoms. The van der Waals surface area contributed by atoms with E-state index in [0.29, 0.717) is 35.1 Å². The van der Waals surface area contributed by atoms with Crippen molar-refractivity contribution in [2.45, 2.75) is 32.4 Å². The Morgan fingerprint density at radius 1 is 1.00 bits per heavy atom. The van der Waals surface area contributed by atoms with Gasteiger partial charge in [0.2, 0.25) is 0 Å². The van der Waals surface area contributed by atoms with E-state index in [2.05, 4.69) is 4.90 Å².